The van der Waals surface area contributed by atoms with Crippen LogP contribution in [0.4, 0.5) is 27.5 Å². The molecular formula is C37H48N6O6. The van der Waals surface area contributed by atoms with Crippen LogP contribution in [0.2, 0.25) is 0 Å². The normalized spacial score (nSPS) is 16.6. The molecule has 0 spiro atoms. The van der Waals surface area contributed by atoms with Gasteiger partial charge in [-0.05, 0) is 62.2 Å². The van der Waals surface area contributed by atoms with E-state index in [0.717, 1.165) is 0 Å². The van der Waals surface area contributed by atoms with Gasteiger partial charge in [-0.15, -0.1) is 0 Å². The van der Waals surface area contributed by atoms with E-state index in [1.54, 1.807) is 66.2 Å². The van der Waals surface area contributed by atoms with Crippen molar-refractivity contribution >= 4 is 46.5 Å². The van der Waals surface area contributed by atoms with Gasteiger partial charge in [0.05, 0.1) is 37.0 Å². The molecule has 6 N–H and O–H groups in total. The summed E-state index contributed by atoms with van der Waals surface area (Å²) < 4.78 is 6.51. The second kappa shape index (κ2) is 17.9. The van der Waals surface area contributed by atoms with E-state index >= 15 is 0 Å². The fraction of sp³-hybridized carbons (Fsp3) is 0.405. The molecule has 12 nitrogen and oxygen atoms in total. The molecular weight excluding hydrogens is 624 g/mol. The Hall–Kier alpha value is -5.10. The van der Waals surface area contributed by atoms with Crippen LogP contribution in [-0.2, 0) is 20.8 Å². The number of urea groups is 1. The number of fused-ring (bicyclic) bond motifs is 1. The summed E-state index contributed by atoms with van der Waals surface area (Å²) >= 11 is 0. The summed E-state index contributed by atoms with van der Waals surface area (Å²) in [7, 11) is 1.69. The summed E-state index contributed by atoms with van der Waals surface area (Å²) in [6, 6.07) is 20.8. The zero-order chi connectivity index (χ0) is 35.3. The summed E-state index contributed by atoms with van der Waals surface area (Å²) in [5, 5.41) is 18.5. The van der Waals surface area contributed by atoms with Crippen molar-refractivity contribution in [1.29, 1.82) is 0 Å². The first-order valence-electron chi connectivity index (χ1n) is 16.7. The summed E-state index contributed by atoms with van der Waals surface area (Å²) in [6.45, 7) is 4.14. The Kier molecular flexibility index (Phi) is 13.4. The Labute approximate surface area is 288 Å². The molecule has 1 aliphatic rings. The van der Waals surface area contributed by atoms with Crippen LogP contribution in [0.1, 0.15) is 51.5 Å². The predicted octanol–water partition coefficient (Wildman–Crippen LogP) is 5.11. The van der Waals surface area contributed by atoms with Crippen LogP contribution in [0.5, 0.6) is 5.75 Å². The number of likely N-dealkylation sites (N-methyl/N-ethyl adjacent to an activating group) is 1. The van der Waals surface area contributed by atoms with E-state index in [9.17, 15) is 24.3 Å². The van der Waals surface area contributed by atoms with Crippen molar-refractivity contribution in [2.45, 2.75) is 64.5 Å². The maximum atomic E-state index is 13.5. The molecule has 0 aromatic heterocycles. The van der Waals surface area contributed by atoms with E-state index in [0.29, 0.717) is 66.3 Å². The van der Waals surface area contributed by atoms with Gasteiger partial charge in [0.15, 0.2) is 0 Å². The summed E-state index contributed by atoms with van der Waals surface area (Å²) in [4.78, 5) is 54.8. The number of aliphatic hydroxyl groups excluding tert-OH is 1. The summed E-state index contributed by atoms with van der Waals surface area (Å²) in [5.74, 6) is -0.158. The molecule has 1 aliphatic heterocycles. The lowest BCUT2D eigenvalue weighted by Crippen LogP contribution is -2.48. The SMILES string of the molecule is C[C@H]1CN([C@@H](C)CO)C(=O)Cc2cc(NC(=O)CCCCCC(=O)Nc3ccccc3N)ccc2O[C@@H]1CN(C)C(=O)Nc1ccccc1. The van der Waals surface area contributed by atoms with Crippen molar-refractivity contribution in [3.05, 3.63) is 78.4 Å². The van der Waals surface area contributed by atoms with Gasteiger partial charge in [0.25, 0.3) is 0 Å². The molecule has 5 amide bonds. The third-order valence-corrected chi connectivity index (χ3v) is 8.57. The van der Waals surface area contributed by atoms with E-state index in [4.69, 9.17) is 10.5 Å². The Morgan fingerprint density at radius 1 is 0.939 bits per heavy atom. The van der Waals surface area contributed by atoms with Crippen molar-refractivity contribution in [2.75, 3.05) is 48.4 Å². The molecule has 262 valence electrons. The number of nitrogens with two attached hydrogens (primary N) is 1. The predicted molar refractivity (Wildman–Crippen MR) is 191 cm³/mol. The number of hydrogen-bond donors (Lipinski definition) is 5. The van der Waals surface area contributed by atoms with Crippen LogP contribution in [0, 0.1) is 5.92 Å². The lowest BCUT2D eigenvalue weighted by molar-refractivity contribution is -0.134. The Balaban J connectivity index is 1.37. The Morgan fingerprint density at radius 3 is 2.31 bits per heavy atom. The third-order valence-electron chi connectivity index (χ3n) is 8.57. The van der Waals surface area contributed by atoms with Gasteiger partial charge < -0.3 is 41.3 Å². The Morgan fingerprint density at radius 2 is 1.61 bits per heavy atom. The number of benzene rings is 3. The van der Waals surface area contributed by atoms with Crippen molar-refractivity contribution in [3.63, 3.8) is 0 Å². The zero-order valence-electron chi connectivity index (χ0n) is 28.5. The highest BCUT2D eigenvalue weighted by Gasteiger charge is 2.32. The van der Waals surface area contributed by atoms with Crippen molar-refractivity contribution < 1.29 is 29.0 Å². The third kappa shape index (κ3) is 11.0. The molecule has 0 aliphatic carbocycles. The first kappa shape index (κ1) is 36.7. The van der Waals surface area contributed by atoms with E-state index in [1.165, 1.54) is 0 Å². The summed E-state index contributed by atoms with van der Waals surface area (Å²) in [5.41, 5.74) is 8.78. The van der Waals surface area contributed by atoms with Gasteiger partial charge in [-0.3, -0.25) is 14.4 Å². The fourth-order valence-corrected chi connectivity index (χ4v) is 5.61. The highest BCUT2D eigenvalue weighted by atomic mass is 16.5. The fourth-order valence-electron chi connectivity index (χ4n) is 5.61. The number of nitrogens with one attached hydrogen (secondary N) is 3. The number of hydrogen-bond acceptors (Lipinski definition) is 7. The molecule has 3 aromatic carbocycles. The number of carbonyl (C=O) groups is 4. The highest BCUT2D eigenvalue weighted by molar-refractivity contribution is 5.94. The quantitative estimate of drug-likeness (QED) is 0.124. The van der Waals surface area contributed by atoms with E-state index < -0.39 is 12.1 Å². The minimum absolute atomic E-state index is 0.0177. The van der Waals surface area contributed by atoms with Gasteiger partial charge in [-0.1, -0.05) is 43.7 Å². The molecule has 0 saturated carbocycles. The summed E-state index contributed by atoms with van der Waals surface area (Å²) in [6.07, 6.45) is 2.09. The molecule has 1 heterocycles. The molecule has 0 radical (unpaired) electrons. The maximum absolute atomic E-state index is 13.5. The minimum Gasteiger partial charge on any atom is -0.488 e. The second-order valence-corrected chi connectivity index (χ2v) is 12.6. The molecule has 12 heteroatoms. The number of ether oxygens (including phenoxy) is 1. The topological polar surface area (TPSA) is 166 Å². The number of anilines is 4. The largest absolute Gasteiger partial charge is 0.488 e. The van der Waals surface area contributed by atoms with Crippen LogP contribution in [0.3, 0.4) is 0 Å². The minimum atomic E-state index is -0.475. The van der Waals surface area contributed by atoms with Crippen LogP contribution in [0.25, 0.3) is 0 Å². The number of nitrogens with zero attached hydrogens (tertiary/aromatic N) is 2. The van der Waals surface area contributed by atoms with Gasteiger partial charge in [-0.2, -0.15) is 0 Å². The van der Waals surface area contributed by atoms with Crippen molar-refractivity contribution in [2.24, 2.45) is 5.92 Å². The molecule has 3 aromatic rings. The first-order valence-corrected chi connectivity index (χ1v) is 16.7. The van der Waals surface area contributed by atoms with Gasteiger partial charge in [0.1, 0.15) is 11.9 Å². The standard InChI is InChI=1S/C37H48N6O6/c1-25-22-43(26(2)24-44)36(47)21-27-20-29(39-34(45)16-8-5-9-17-35(46)41-31-15-11-10-14-30(31)38)18-19-32(27)49-33(25)23-42(3)37(48)40-28-12-6-4-7-13-28/h4,6-7,10-15,18-20,25-26,33,44H,5,8-9,16-17,21-24,38H2,1-3H3,(H,39,45)(H,40,48)(H,41,46)/t25-,26-,33+/m0/s1. The molecule has 3 atom stereocenters. The molecule has 0 unspecified atom stereocenters. The number of unbranched alkanes of at least 4 members (excludes halogenated alkanes) is 2. The average molecular weight is 673 g/mol. The number of aliphatic hydroxyl groups is 1. The molecule has 0 bridgehead atoms. The number of nitrogen functional groups attached to an aromatic ring is 1. The average Bonchev–Trinajstić information content (AvgIpc) is 3.12. The number of carbonyl (C=O) groups excluding carboxylic acids is 4. The van der Waals surface area contributed by atoms with Crippen molar-refractivity contribution in [3.8, 4) is 5.75 Å². The Bertz CT molecular complexity index is 1580. The number of amides is 5. The lowest BCUT2D eigenvalue weighted by atomic mass is 10.0. The number of para-hydroxylation sites is 3. The van der Waals surface area contributed by atoms with Crippen LogP contribution >= 0.6 is 0 Å². The van der Waals surface area contributed by atoms with Crippen molar-refractivity contribution in [1.82, 2.24) is 9.80 Å². The maximum Gasteiger partial charge on any atom is 0.321 e. The molecule has 4 rings (SSSR count). The van der Waals surface area contributed by atoms with Crippen LogP contribution in [-0.4, -0.2) is 77.5 Å². The smallest absolute Gasteiger partial charge is 0.321 e. The highest BCUT2D eigenvalue weighted by Crippen LogP contribution is 2.29. The second-order valence-electron chi connectivity index (χ2n) is 12.6. The van der Waals surface area contributed by atoms with Crippen LogP contribution < -0.4 is 26.4 Å². The first-order chi connectivity index (χ1) is 23.5. The van der Waals surface area contributed by atoms with Crippen LogP contribution in [0.15, 0.2) is 72.8 Å². The van der Waals surface area contributed by atoms with Gasteiger partial charge in [0, 0.05) is 49.3 Å². The van der Waals surface area contributed by atoms with Gasteiger partial charge in [-0.25, -0.2) is 4.79 Å². The van der Waals surface area contributed by atoms with E-state index in [1.807, 2.05) is 37.3 Å². The zero-order valence-corrected chi connectivity index (χ0v) is 28.5. The lowest BCUT2D eigenvalue weighted by Gasteiger charge is -2.34. The molecule has 49 heavy (non-hydrogen) atoms. The van der Waals surface area contributed by atoms with Gasteiger partial charge >= 0.3 is 6.03 Å². The molecule has 0 saturated heterocycles. The molecule has 0 fully saturated rings. The van der Waals surface area contributed by atoms with Gasteiger partial charge in [0.2, 0.25) is 17.7 Å². The number of rotatable bonds is 13. The van der Waals surface area contributed by atoms with E-state index in [2.05, 4.69) is 16.0 Å². The monoisotopic (exact) mass is 672 g/mol. The van der Waals surface area contributed by atoms with E-state index in [-0.39, 0.29) is 55.7 Å².